The zero-order valence-corrected chi connectivity index (χ0v) is 12.3. The number of benzene rings is 1. The van der Waals surface area contributed by atoms with Gasteiger partial charge in [0.25, 0.3) is 0 Å². The minimum atomic E-state index is -1.07. The van der Waals surface area contributed by atoms with Crippen LogP contribution in [-0.2, 0) is 6.42 Å². The van der Waals surface area contributed by atoms with Gasteiger partial charge in [0, 0.05) is 17.3 Å². The zero-order chi connectivity index (χ0) is 15.2. The molecule has 21 heavy (non-hydrogen) atoms. The lowest BCUT2D eigenvalue weighted by atomic mass is 10.2. The highest BCUT2D eigenvalue weighted by atomic mass is 32.1. The number of carbonyl (C=O) groups excluding carboxylic acids is 1. The summed E-state index contributed by atoms with van der Waals surface area (Å²) in [7, 11) is 0. The zero-order valence-electron chi connectivity index (χ0n) is 11.5. The Bertz CT molecular complexity index is 626. The fourth-order valence-corrected chi connectivity index (χ4v) is 2.78. The fourth-order valence-electron chi connectivity index (χ4n) is 1.94. The molecule has 0 bridgehead atoms. The van der Waals surface area contributed by atoms with Crippen LogP contribution in [0.4, 0.5) is 10.5 Å². The van der Waals surface area contributed by atoms with Crippen LogP contribution in [0.2, 0.25) is 0 Å². The number of hydrogen-bond donors (Lipinski definition) is 3. The topological polar surface area (TPSA) is 78.4 Å². The Labute approximate surface area is 126 Å². The van der Waals surface area contributed by atoms with E-state index in [0.29, 0.717) is 0 Å². The van der Waals surface area contributed by atoms with Gasteiger partial charge in [-0.2, -0.15) is 0 Å². The lowest BCUT2D eigenvalue weighted by Gasteiger charge is -2.14. The second-order valence-electron chi connectivity index (χ2n) is 4.63. The van der Waals surface area contributed by atoms with Crippen LogP contribution < -0.4 is 10.6 Å². The van der Waals surface area contributed by atoms with Crippen LogP contribution in [0.3, 0.4) is 0 Å². The lowest BCUT2D eigenvalue weighted by molar-refractivity contribution is 0.0698. The van der Waals surface area contributed by atoms with Gasteiger partial charge in [-0.3, -0.25) is 0 Å². The predicted molar refractivity (Wildman–Crippen MR) is 83.0 cm³/mol. The molecule has 1 aromatic heterocycles. The predicted octanol–water partition coefficient (Wildman–Crippen LogP) is 3.20. The molecule has 2 rings (SSSR count). The van der Waals surface area contributed by atoms with Gasteiger partial charge in [-0.1, -0.05) is 18.2 Å². The molecular weight excluding hydrogens is 288 g/mol. The number of aromatic carboxylic acids is 1. The van der Waals surface area contributed by atoms with Crippen molar-refractivity contribution in [1.82, 2.24) is 5.32 Å². The molecule has 6 heteroatoms. The maximum absolute atomic E-state index is 11.9. The number of rotatable bonds is 5. The minimum absolute atomic E-state index is 0.0411. The number of amides is 2. The van der Waals surface area contributed by atoms with Crippen molar-refractivity contribution in [2.24, 2.45) is 0 Å². The van der Waals surface area contributed by atoms with Gasteiger partial charge in [0.15, 0.2) is 0 Å². The van der Waals surface area contributed by atoms with Crippen molar-refractivity contribution in [3.63, 3.8) is 0 Å². The molecule has 110 valence electrons. The number of carboxylic acid groups (broad SMARTS) is 1. The Morgan fingerprint density at radius 2 is 2.00 bits per heavy atom. The first-order valence-corrected chi connectivity index (χ1v) is 7.36. The lowest BCUT2D eigenvalue weighted by Crippen LogP contribution is -2.37. The summed E-state index contributed by atoms with van der Waals surface area (Å²) < 4.78 is 0. The standard InChI is InChI=1S/C15H16N2O3S/c1-10(9-11-5-4-8-21-11)16-15(20)17-13-7-3-2-6-12(13)14(18)19/h2-8,10H,9H2,1H3,(H,18,19)(H2,16,17,20). The third-order valence-electron chi connectivity index (χ3n) is 2.87. The van der Waals surface area contributed by atoms with Crippen LogP contribution in [-0.4, -0.2) is 23.1 Å². The van der Waals surface area contributed by atoms with Gasteiger partial charge >= 0.3 is 12.0 Å². The van der Waals surface area contributed by atoms with Crippen LogP contribution in [0, 0.1) is 0 Å². The maximum atomic E-state index is 11.9. The van der Waals surface area contributed by atoms with E-state index in [1.807, 2.05) is 24.4 Å². The van der Waals surface area contributed by atoms with Crippen molar-refractivity contribution in [2.75, 3.05) is 5.32 Å². The highest BCUT2D eigenvalue weighted by Gasteiger charge is 2.13. The first-order chi connectivity index (χ1) is 10.1. The summed E-state index contributed by atoms with van der Waals surface area (Å²) >= 11 is 1.64. The average molecular weight is 304 g/mol. The summed E-state index contributed by atoms with van der Waals surface area (Å²) in [6.07, 6.45) is 0.742. The summed E-state index contributed by atoms with van der Waals surface area (Å²) in [5.41, 5.74) is 0.351. The summed E-state index contributed by atoms with van der Waals surface area (Å²) in [4.78, 5) is 24.2. The number of para-hydroxylation sites is 1. The molecule has 3 N–H and O–H groups in total. The highest BCUT2D eigenvalue weighted by Crippen LogP contribution is 2.15. The maximum Gasteiger partial charge on any atom is 0.337 e. The Kier molecular flexibility index (Phi) is 4.94. The van der Waals surface area contributed by atoms with Crippen molar-refractivity contribution in [3.05, 3.63) is 52.2 Å². The molecule has 0 fully saturated rings. The normalized spacial score (nSPS) is 11.7. The molecule has 0 aliphatic carbocycles. The SMILES string of the molecule is CC(Cc1cccs1)NC(=O)Nc1ccccc1C(=O)O. The monoisotopic (exact) mass is 304 g/mol. The molecule has 0 aliphatic heterocycles. The minimum Gasteiger partial charge on any atom is -0.478 e. The summed E-state index contributed by atoms with van der Waals surface area (Å²) in [5, 5.41) is 16.4. The summed E-state index contributed by atoms with van der Waals surface area (Å²) in [6, 6.07) is 9.84. The van der Waals surface area contributed by atoms with Gasteiger partial charge in [0.1, 0.15) is 0 Å². The van der Waals surface area contributed by atoms with Crippen molar-refractivity contribution < 1.29 is 14.7 Å². The molecule has 2 amide bonds. The number of carboxylic acids is 1. The third-order valence-corrected chi connectivity index (χ3v) is 3.77. The van der Waals surface area contributed by atoms with Crippen molar-refractivity contribution >= 4 is 29.0 Å². The first kappa shape index (κ1) is 15.1. The van der Waals surface area contributed by atoms with Gasteiger partial charge < -0.3 is 15.7 Å². The van der Waals surface area contributed by atoms with Gasteiger partial charge in [-0.15, -0.1) is 11.3 Å². The van der Waals surface area contributed by atoms with Crippen LogP contribution in [0.1, 0.15) is 22.2 Å². The Morgan fingerprint density at radius 3 is 2.67 bits per heavy atom. The van der Waals surface area contributed by atoms with Gasteiger partial charge in [-0.25, -0.2) is 9.59 Å². The van der Waals surface area contributed by atoms with Gasteiger partial charge in [0.2, 0.25) is 0 Å². The van der Waals surface area contributed by atoms with Crippen LogP contribution in [0.25, 0.3) is 0 Å². The molecular formula is C15H16N2O3S. The Hall–Kier alpha value is -2.34. The van der Waals surface area contributed by atoms with Gasteiger partial charge in [0.05, 0.1) is 11.3 Å². The van der Waals surface area contributed by atoms with Crippen molar-refractivity contribution in [3.8, 4) is 0 Å². The molecule has 0 aliphatic rings. The van der Waals surface area contributed by atoms with E-state index in [-0.39, 0.29) is 17.3 Å². The average Bonchev–Trinajstić information content (AvgIpc) is 2.91. The molecule has 0 radical (unpaired) electrons. The van der Waals surface area contributed by atoms with E-state index in [1.54, 1.807) is 29.5 Å². The Balaban J connectivity index is 1.94. The number of anilines is 1. The Morgan fingerprint density at radius 1 is 1.24 bits per heavy atom. The molecule has 2 aromatic rings. The first-order valence-electron chi connectivity index (χ1n) is 6.48. The molecule has 1 heterocycles. The molecule has 1 aromatic carbocycles. The molecule has 0 spiro atoms. The molecule has 1 atom stereocenters. The number of urea groups is 1. The summed E-state index contributed by atoms with van der Waals surface area (Å²) in [6.45, 7) is 1.91. The number of hydrogen-bond acceptors (Lipinski definition) is 3. The van der Waals surface area contributed by atoms with Crippen LogP contribution in [0.15, 0.2) is 41.8 Å². The van der Waals surface area contributed by atoms with E-state index >= 15 is 0 Å². The smallest absolute Gasteiger partial charge is 0.337 e. The fraction of sp³-hybridized carbons (Fsp3) is 0.200. The van der Waals surface area contributed by atoms with E-state index < -0.39 is 12.0 Å². The van der Waals surface area contributed by atoms with E-state index in [2.05, 4.69) is 10.6 Å². The van der Waals surface area contributed by atoms with E-state index in [4.69, 9.17) is 5.11 Å². The van der Waals surface area contributed by atoms with Gasteiger partial charge in [-0.05, 0) is 30.5 Å². The molecule has 0 saturated carbocycles. The van der Waals surface area contributed by atoms with Crippen LogP contribution in [0.5, 0.6) is 0 Å². The number of thiophene rings is 1. The largest absolute Gasteiger partial charge is 0.478 e. The number of nitrogens with one attached hydrogen (secondary N) is 2. The van der Waals surface area contributed by atoms with E-state index in [1.165, 1.54) is 10.9 Å². The molecule has 1 unspecified atom stereocenters. The number of carbonyl (C=O) groups is 2. The highest BCUT2D eigenvalue weighted by molar-refractivity contribution is 7.09. The van der Waals surface area contributed by atoms with Crippen molar-refractivity contribution in [2.45, 2.75) is 19.4 Å². The summed E-state index contributed by atoms with van der Waals surface area (Å²) in [5.74, 6) is -1.07. The second-order valence-corrected chi connectivity index (χ2v) is 5.67. The molecule has 5 nitrogen and oxygen atoms in total. The van der Waals surface area contributed by atoms with Crippen molar-refractivity contribution in [1.29, 1.82) is 0 Å². The third kappa shape index (κ3) is 4.32. The quantitative estimate of drug-likeness (QED) is 0.793. The van der Waals surface area contributed by atoms with E-state index in [9.17, 15) is 9.59 Å². The molecule has 0 saturated heterocycles. The second kappa shape index (κ2) is 6.90. The van der Waals surface area contributed by atoms with Crippen LogP contribution >= 0.6 is 11.3 Å². The van der Waals surface area contributed by atoms with E-state index in [0.717, 1.165) is 6.42 Å².